The van der Waals surface area contributed by atoms with Gasteiger partial charge in [0, 0.05) is 5.56 Å². The highest BCUT2D eigenvalue weighted by atomic mass is 16.6. The van der Waals surface area contributed by atoms with Gasteiger partial charge < -0.3 is 5.73 Å². The van der Waals surface area contributed by atoms with Gasteiger partial charge in [-0.1, -0.05) is 71.9 Å². The van der Waals surface area contributed by atoms with Gasteiger partial charge in [-0.2, -0.15) is 9.78 Å². The van der Waals surface area contributed by atoms with Crippen LogP contribution in [-0.4, -0.2) is 36.9 Å². The molecule has 0 aliphatic rings. The summed E-state index contributed by atoms with van der Waals surface area (Å²) in [5.41, 5.74) is 11.1. The predicted octanol–water partition coefficient (Wildman–Crippen LogP) is 3.21. The van der Waals surface area contributed by atoms with Crippen molar-refractivity contribution < 1.29 is 9.42 Å². The molecule has 33 heavy (non-hydrogen) atoms. The van der Waals surface area contributed by atoms with E-state index in [9.17, 15) is 4.79 Å². The molecular formula is C23H18N8O2. The Labute approximate surface area is 187 Å². The van der Waals surface area contributed by atoms with Crippen LogP contribution in [-0.2, 0) is 0 Å². The molecule has 0 aliphatic carbocycles. The second-order valence-electron chi connectivity index (χ2n) is 7.24. The molecule has 5 rings (SSSR count). The zero-order chi connectivity index (χ0) is 22.8. The molecule has 1 amide bonds. The summed E-state index contributed by atoms with van der Waals surface area (Å²) in [7, 11) is 0. The number of nitrogens with one attached hydrogen (secondary N) is 1. The van der Waals surface area contributed by atoms with Gasteiger partial charge >= 0.3 is 0 Å². The monoisotopic (exact) mass is 438 g/mol. The zero-order valence-electron chi connectivity index (χ0n) is 17.5. The van der Waals surface area contributed by atoms with Crippen molar-refractivity contribution in [3.63, 3.8) is 0 Å². The summed E-state index contributed by atoms with van der Waals surface area (Å²) in [5, 5.41) is 22.0. The minimum Gasteiger partial charge on any atom is -0.378 e. The molecule has 0 radical (unpaired) electrons. The molecule has 10 nitrogen and oxygen atoms in total. The highest BCUT2D eigenvalue weighted by Crippen LogP contribution is 2.24. The van der Waals surface area contributed by atoms with Crippen LogP contribution in [0.4, 0.5) is 5.82 Å². The number of nitrogens with zero attached hydrogens (tertiary/aromatic N) is 6. The van der Waals surface area contributed by atoms with Crippen molar-refractivity contribution in [2.45, 2.75) is 6.92 Å². The molecule has 0 aliphatic heterocycles. The first-order chi connectivity index (χ1) is 16.1. The lowest BCUT2D eigenvalue weighted by atomic mass is 10.0. The molecule has 0 spiro atoms. The molecule has 5 aromatic rings. The van der Waals surface area contributed by atoms with Crippen molar-refractivity contribution >= 4 is 28.2 Å². The molecule has 3 N–H and O–H groups in total. The van der Waals surface area contributed by atoms with E-state index in [1.165, 1.54) is 4.68 Å². The molecule has 0 saturated carbocycles. The van der Waals surface area contributed by atoms with E-state index in [0.717, 1.165) is 16.3 Å². The lowest BCUT2D eigenvalue weighted by molar-refractivity contribution is 0.0947. The fraction of sp³-hybridized carbons (Fsp3) is 0.0435. The van der Waals surface area contributed by atoms with E-state index in [1.54, 1.807) is 0 Å². The molecule has 10 heteroatoms. The van der Waals surface area contributed by atoms with Crippen LogP contribution in [0.25, 0.3) is 27.8 Å². The van der Waals surface area contributed by atoms with Gasteiger partial charge in [-0.25, -0.2) is 10.1 Å². The Morgan fingerprint density at radius 2 is 1.76 bits per heavy atom. The minimum absolute atomic E-state index is 0.0237. The Balaban J connectivity index is 1.50. The van der Waals surface area contributed by atoms with E-state index in [4.69, 9.17) is 5.73 Å². The second-order valence-corrected chi connectivity index (χ2v) is 7.24. The molecule has 2 aromatic heterocycles. The number of amides is 1. The molecule has 0 bridgehead atoms. The molecule has 3 aromatic carbocycles. The van der Waals surface area contributed by atoms with Gasteiger partial charge in [0.05, 0.1) is 5.71 Å². The van der Waals surface area contributed by atoms with Crippen molar-refractivity contribution in [1.82, 2.24) is 30.7 Å². The number of hydrogen-bond donors (Lipinski definition) is 2. The summed E-state index contributed by atoms with van der Waals surface area (Å²) >= 11 is 0. The number of fused-ring (bicyclic) bond motifs is 1. The van der Waals surface area contributed by atoms with Gasteiger partial charge in [0.15, 0.2) is 5.69 Å². The standard InChI is InChI=1S/C23H18N8O2/c1-14(17-12-11-15-7-5-6-10-18(15)13-17)25-27-23(32)20-19(16-8-3-2-4-9-16)26-30-31(20)22-21(24)28-33-29-22/h2-13H,1H3,(H2,24,28)(H,27,32)/b25-14-. The van der Waals surface area contributed by atoms with E-state index >= 15 is 0 Å². The van der Waals surface area contributed by atoms with Gasteiger partial charge in [-0.15, -0.1) is 5.10 Å². The second kappa shape index (κ2) is 8.35. The van der Waals surface area contributed by atoms with Gasteiger partial charge in [-0.3, -0.25) is 4.79 Å². The summed E-state index contributed by atoms with van der Waals surface area (Å²) < 4.78 is 5.85. The topological polar surface area (TPSA) is 137 Å². The molecule has 0 unspecified atom stereocenters. The maximum atomic E-state index is 13.2. The number of benzene rings is 3. The van der Waals surface area contributed by atoms with Crippen LogP contribution >= 0.6 is 0 Å². The molecule has 2 heterocycles. The maximum absolute atomic E-state index is 13.2. The third-order valence-corrected chi connectivity index (χ3v) is 5.12. The van der Waals surface area contributed by atoms with E-state index in [-0.39, 0.29) is 17.3 Å². The zero-order valence-corrected chi connectivity index (χ0v) is 17.5. The number of rotatable bonds is 5. The smallest absolute Gasteiger partial charge is 0.292 e. The van der Waals surface area contributed by atoms with Crippen LogP contribution in [0.3, 0.4) is 0 Å². The van der Waals surface area contributed by atoms with Crippen molar-refractivity contribution in [1.29, 1.82) is 0 Å². The molecule has 0 fully saturated rings. The fourth-order valence-electron chi connectivity index (χ4n) is 3.43. The number of hydrazone groups is 1. The Morgan fingerprint density at radius 3 is 2.52 bits per heavy atom. The Morgan fingerprint density at radius 1 is 1.00 bits per heavy atom. The van der Waals surface area contributed by atoms with Gasteiger partial charge in [0.25, 0.3) is 5.91 Å². The highest BCUT2D eigenvalue weighted by Gasteiger charge is 2.26. The SMILES string of the molecule is C/C(=N/NC(=O)c1c(-c2ccccc2)nnn1-c1nonc1N)c1ccc2ccccc2c1. The number of anilines is 1. The van der Waals surface area contributed by atoms with Crippen LogP contribution in [0.5, 0.6) is 0 Å². The van der Waals surface area contributed by atoms with E-state index in [2.05, 4.69) is 35.8 Å². The predicted molar refractivity (Wildman–Crippen MR) is 123 cm³/mol. The summed E-state index contributed by atoms with van der Waals surface area (Å²) in [6.07, 6.45) is 0. The minimum atomic E-state index is -0.540. The maximum Gasteiger partial charge on any atom is 0.292 e. The Hall–Kier alpha value is -4.86. The van der Waals surface area contributed by atoms with Crippen LogP contribution in [0.1, 0.15) is 23.0 Å². The number of nitrogen functional groups attached to an aromatic ring is 1. The first-order valence-electron chi connectivity index (χ1n) is 10.0. The van der Waals surface area contributed by atoms with Gasteiger partial charge in [-0.05, 0) is 39.6 Å². The molecule has 162 valence electrons. The highest BCUT2D eigenvalue weighted by molar-refractivity contribution is 6.04. The number of aromatic nitrogens is 5. The molecular weight excluding hydrogens is 420 g/mol. The average molecular weight is 438 g/mol. The van der Waals surface area contributed by atoms with Crippen molar-refractivity contribution in [2.75, 3.05) is 5.73 Å². The van der Waals surface area contributed by atoms with Crippen LogP contribution in [0, 0.1) is 0 Å². The van der Waals surface area contributed by atoms with Crippen LogP contribution in [0.15, 0.2) is 82.5 Å². The third-order valence-electron chi connectivity index (χ3n) is 5.12. The van der Waals surface area contributed by atoms with Gasteiger partial charge in [0.1, 0.15) is 5.69 Å². The Kier molecular flexibility index (Phi) is 5.07. The summed E-state index contributed by atoms with van der Waals surface area (Å²) in [6, 6.07) is 23.2. The molecule has 0 atom stereocenters. The molecule has 0 saturated heterocycles. The lowest BCUT2D eigenvalue weighted by Crippen LogP contribution is -2.23. The normalized spacial score (nSPS) is 11.6. The number of carbonyl (C=O) groups is 1. The fourth-order valence-corrected chi connectivity index (χ4v) is 3.43. The van der Waals surface area contributed by atoms with E-state index in [0.29, 0.717) is 17.0 Å². The third kappa shape index (κ3) is 3.81. The number of carbonyl (C=O) groups excluding carboxylic acids is 1. The van der Waals surface area contributed by atoms with E-state index in [1.807, 2.05) is 79.7 Å². The largest absolute Gasteiger partial charge is 0.378 e. The van der Waals surface area contributed by atoms with Crippen LogP contribution < -0.4 is 11.2 Å². The van der Waals surface area contributed by atoms with Crippen molar-refractivity contribution in [3.8, 4) is 17.1 Å². The quantitative estimate of drug-likeness (QED) is 0.317. The summed E-state index contributed by atoms with van der Waals surface area (Å²) in [5.74, 6) is -0.504. The van der Waals surface area contributed by atoms with Crippen LogP contribution in [0.2, 0.25) is 0 Å². The Bertz CT molecular complexity index is 1490. The van der Waals surface area contributed by atoms with Crippen molar-refractivity contribution in [2.24, 2.45) is 5.10 Å². The number of nitrogens with two attached hydrogens (primary N) is 1. The van der Waals surface area contributed by atoms with Crippen molar-refractivity contribution in [3.05, 3.63) is 84.1 Å². The first-order valence-corrected chi connectivity index (χ1v) is 10.0. The number of hydrogen-bond acceptors (Lipinski definition) is 8. The summed E-state index contributed by atoms with van der Waals surface area (Å²) in [6.45, 7) is 1.82. The van der Waals surface area contributed by atoms with E-state index < -0.39 is 5.91 Å². The summed E-state index contributed by atoms with van der Waals surface area (Å²) in [4.78, 5) is 13.2. The van der Waals surface area contributed by atoms with Gasteiger partial charge in [0.2, 0.25) is 11.6 Å². The average Bonchev–Trinajstić information content (AvgIpc) is 3.48. The lowest BCUT2D eigenvalue weighted by Gasteiger charge is -2.07. The first kappa shape index (κ1) is 20.1.